The normalized spacial score (nSPS) is 11.7. The van der Waals surface area contributed by atoms with E-state index in [1.807, 2.05) is 0 Å². The van der Waals surface area contributed by atoms with Gasteiger partial charge in [-0.15, -0.1) is 0 Å². The molecule has 0 bridgehead atoms. The van der Waals surface area contributed by atoms with Crippen molar-refractivity contribution in [2.75, 3.05) is 19.8 Å². The summed E-state index contributed by atoms with van der Waals surface area (Å²) in [6.45, 7) is 15.5. The average molecular weight is 305 g/mol. The summed E-state index contributed by atoms with van der Waals surface area (Å²) in [6.07, 6.45) is 1.01. The van der Waals surface area contributed by atoms with Gasteiger partial charge in [0.1, 0.15) is 6.61 Å². The summed E-state index contributed by atoms with van der Waals surface area (Å²) in [5, 5.41) is 0. The number of ether oxygens (including phenoxy) is 2. The zero-order valence-electron chi connectivity index (χ0n) is 13.0. The van der Waals surface area contributed by atoms with Gasteiger partial charge < -0.3 is 13.6 Å². The molecule has 0 N–H and O–H groups in total. The van der Waals surface area contributed by atoms with Crippen molar-refractivity contribution >= 4 is 23.3 Å². The fraction of sp³-hybridized carbons (Fsp3) is 0.769. The third kappa shape index (κ3) is 11.1. The molecular formula is C13H28O4Si2. The number of carbonyl (C=O) groups excluding carboxylic acids is 1. The Bertz CT molecular complexity index is 290. The monoisotopic (exact) mass is 304 g/mol. The Balaban J connectivity index is 3.50. The summed E-state index contributed by atoms with van der Waals surface area (Å²) in [5.41, 5.74) is 0.419. The molecule has 0 aromatic carbocycles. The average Bonchev–Trinajstić information content (AvgIpc) is 2.25. The Morgan fingerprint density at radius 1 is 1.21 bits per heavy atom. The SMILES string of the molecule is C=C(C)C(=O)OCCOCCC[Si](C)(C)O[SiH](C)C. The van der Waals surface area contributed by atoms with Crippen molar-refractivity contribution in [1.29, 1.82) is 0 Å². The Morgan fingerprint density at radius 3 is 2.37 bits per heavy atom. The largest absolute Gasteiger partial charge is 0.460 e. The van der Waals surface area contributed by atoms with Crippen LogP contribution in [0.4, 0.5) is 0 Å². The molecule has 6 heteroatoms. The number of rotatable bonds is 10. The first-order chi connectivity index (χ1) is 8.74. The molecule has 0 spiro atoms. The molecule has 0 rings (SSSR count). The highest BCUT2D eigenvalue weighted by Crippen LogP contribution is 2.14. The van der Waals surface area contributed by atoms with Crippen LogP contribution in [0, 0.1) is 0 Å². The van der Waals surface area contributed by atoms with E-state index in [-0.39, 0.29) is 5.97 Å². The molecule has 0 fully saturated rings. The van der Waals surface area contributed by atoms with Crippen LogP contribution in [0.15, 0.2) is 12.2 Å². The second-order valence-corrected chi connectivity index (χ2v) is 12.6. The molecule has 0 aliphatic rings. The number of hydrogen-bond acceptors (Lipinski definition) is 4. The number of carbonyl (C=O) groups is 1. The zero-order chi connectivity index (χ0) is 14.9. The highest BCUT2D eigenvalue weighted by molar-refractivity contribution is 6.77. The lowest BCUT2D eigenvalue weighted by molar-refractivity contribution is -0.140. The molecule has 0 unspecified atom stereocenters. The lowest BCUT2D eigenvalue weighted by atomic mass is 10.4. The van der Waals surface area contributed by atoms with Crippen LogP contribution in [-0.4, -0.2) is 43.1 Å². The van der Waals surface area contributed by atoms with E-state index in [9.17, 15) is 4.79 Å². The molecule has 0 aliphatic carbocycles. The number of esters is 1. The van der Waals surface area contributed by atoms with Crippen LogP contribution in [0.5, 0.6) is 0 Å². The lowest BCUT2D eigenvalue weighted by Crippen LogP contribution is -2.35. The second-order valence-electron chi connectivity index (χ2n) is 5.56. The zero-order valence-corrected chi connectivity index (χ0v) is 15.1. The van der Waals surface area contributed by atoms with Crippen LogP contribution in [0.1, 0.15) is 13.3 Å². The van der Waals surface area contributed by atoms with Crippen LogP contribution in [0.25, 0.3) is 0 Å². The minimum Gasteiger partial charge on any atom is -0.460 e. The molecule has 112 valence electrons. The maximum atomic E-state index is 11.1. The topological polar surface area (TPSA) is 44.8 Å². The third-order valence-corrected chi connectivity index (χ3v) is 8.43. The summed E-state index contributed by atoms with van der Waals surface area (Å²) >= 11 is 0. The second kappa shape index (κ2) is 9.46. The maximum absolute atomic E-state index is 11.1. The van der Waals surface area contributed by atoms with Gasteiger partial charge in [-0.3, -0.25) is 0 Å². The summed E-state index contributed by atoms with van der Waals surface area (Å²) < 4.78 is 16.4. The molecule has 0 saturated heterocycles. The fourth-order valence-electron chi connectivity index (χ4n) is 1.72. The van der Waals surface area contributed by atoms with E-state index in [4.69, 9.17) is 13.6 Å². The van der Waals surface area contributed by atoms with Crippen molar-refractivity contribution in [3.05, 3.63) is 12.2 Å². The van der Waals surface area contributed by atoms with Gasteiger partial charge in [0, 0.05) is 12.2 Å². The van der Waals surface area contributed by atoms with Gasteiger partial charge in [0.2, 0.25) is 0 Å². The van der Waals surface area contributed by atoms with E-state index in [0.29, 0.717) is 25.4 Å². The first-order valence-corrected chi connectivity index (χ1v) is 12.7. The van der Waals surface area contributed by atoms with Crippen molar-refractivity contribution < 1.29 is 18.4 Å². The predicted octanol–water partition coefficient (Wildman–Crippen LogP) is 2.72. The van der Waals surface area contributed by atoms with Gasteiger partial charge in [-0.25, -0.2) is 4.79 Å². The summed E-state index contributed by atoms with van der Waals surface area (Å²) in [5.74, 6) is -0.354. The Hall–Kier alpha value is -0.436. The molecule has 19 heavy (non-hydrogen) atoms. The molecule has 0 atom stereocenters. The minimum absolute atomic E-state index is 0.294. The standard InChI is InChI=1S/C13H28O4Si2/c1-12(2)13(14)16-10-9-15-8-7-11-19(5,6)17-18(3)4/h18H,1,7-11H2,2-6H3. The summed E-state index contributed by atoms with van der Waals surface area (Å²) in [7, 11) is -2.41. The first kappa shape index (κ1) is 18.6. The molecule has 0 saturated carbocycles. The summed E-state index contributed by atoms with van der Waals surface area (Å²) in [4.78, 5) is 11.1. The van der Waals surface area contributed by atoms with E-state index in [1.54, 1.807) is 6.92 Å². The predicted molar refractivity (Wildman–Crippen MR) is 83.5 cm³/mol. The quantitative estimate of drug-likeness (QED) is 0.269. The van der Waals surface area contributed by atoms with E-state index in [2.05, 4.69) is 32.8 Å². The molecule has 0 aromatic heterocycles. The number of hydrogen-bond donors (Lipinski definition) is 0. The van der Waals surface area contributed by atoms with Crippen LogP contribution in [0.2, 0.25) is 32.2 Å². The third-order valence-electron chi connectivity index (χ3n) is 2.43. The fourth-order valence-corrected chi connectivity index (χ4v) is 8.29. The minimum atomic E-state index is -1.48. The molecule has 0 aromatic rings. The molecule has 0 heterocycles. The smallest absolute Gasteiger partial charge is 0.333 e. The van der Waals surface area contributed by atoms with Gasteiger partial charge in [0.15, 0.2) is 17.4 Å². The van der Waals surface area contributed by atoms with Gasteiger partial charge in [-0.1, -0.05) is 6.58 Å². The maximum Gasteiger partial charge on any atom is 0.333 e. The molecule has 0 aliphatic heterocycles. The van der Waals surface area contributed by atoms with Gasteiger partial charge in [-0.2, -0.15) is 0 Å². The van der Waals surface area contributed by atoms with E-state index >= 15 is 0 Å². The van der Waals surface area contributed by atoms with Crippen LogP contribution in [0.3, 0.4) is 0 Å². The molecular weight excluding hydrogens is 276 g/mol. The van der Waals surface area contributed by atoms with Crippen molar-refractivity contribution in [1.82, 2.24) is 0 Å². The highest BCUT2D eigenvalue weighted by atomic mass is 28.4. The first-order valence-electron chi connectivity index (χ1n) is 6.83. The van der Waals surface area contributed by atoms with Crippen molar-refractivity contribution in [2.24, 2.45) is 0 Å². The Morgan fingerprint density at radius 2 is 1.84 bits per heavy atom. The van der Waals surface area contributed by atoms with E-state index in [0.717, 1.165) is 12.5 Å². The van der Waals surface area contributed by atoms with Gasteiger partial charge in [-0.05, 0) is 45.6 Å². The van der Waals surface area contributed by atoms with Crippen molar-refractivity contribution in [2.45, 2.75) is 45.6 Å². The molecule has 0 radical (unpaired) electrons. The van der Waals surface area contributed by atoms with Crippen LogP contribution in [-0.2, 0) is 18.4 Å². The van der Waals surface area contributed by atoms with Gasteiger partial charge >= 0.3 is 5.97 Å². The summed E-state index contributed by atoms with van der Waals surface area (Å²) in [6, 6.07) is 1.11. The van der Waals surface area contributed by atoms with Crippen LogP contribution < -0.4 is 0 Å². The van der Waals surface area contributed by atoms with Gasteiger partial charge in [0.25, 0.3) is 0 Å². The van der Waals surface area contributed by atoms with Crippen molar-refractivity contribution in [3.63, 3.8) is 0 Å². The van der Waals surface area contributed by atoms with E-state index in [1.165, 1.54) is 0 Å². The highest BCUT2D eigenvalue weighted by Gasteiger charge is 2.22. The Labute approximate surface area is 120 Å². The molecule has 0 amide bonds. The van der Waals surface area contributed by atoms with Crippen LogP contribution >= 0.6 is 0 Å². The Kier molecular flexibility index (Phi) is 9.25. The van der Waals surface area contributed by atoms with Crippen molar-refractivity contribution in [3.8, 4) is 0 Å². The van der Waals surface area contributed by atoms with Gasteiger partial charge in [0.05, 0.1) is 6.61 Å². The molecule has 4 nitrogen and oxygen atoms in total. The van der Waals surface area contributed by atoms with E-state index < -0.39 is 17.4 Å². The lowest BCUT2D eigenvalue weighted by Gasteiger charge is -2.25.